The molecule has 6 rings (SSSR count). The van der Waals surface area contributed by atoms with Gasteiger partial charge >= 0.3 is 0 Å². The number of anilines is 2. The lowest BCUT2D eigenvalue weighted by atomic mass is 9.98. The van der Waals surface area contributed by atoms with Gasteiger partial charge in [-0.2, -0.15) is 0 Å². The van der Waals surface area contributed by atoms with Gasteiger partial charge in [-0.25, -0.2) is 0 Å². The number of nitrogens with one attached hydrogen (secondary N) is 2. The Morgan fingerprint density at radius 2 is 1.33 bits per heavy atom. The summed E-state index contributed by atoms with van der Waals surface area (Å²) in [5.74, 6) is -0.368. The number of hydrogen-bond acceptors (Lipinski definition) is 3. The Morgan fingerprint density at radius 1 is 0.667 bits per heavy atom. The van der Waals surface area contributed by atoms with Crippen LogP contribution in [-0.2, 0) is 19.4 Å². The molecule has 0 aromatic heterocycles. The average molecular weight is 552 g/mol. The number of hydrogen-bond donors (Lipinski definition) is 2. The third-order valence-corrected chi connectivity index (χ3v) is 7.77. The highest BCUT2D eigenvalue weighted by Gasteiger charge is 2.22. The minimum atomic E-state index is -0.218. The molecule has 0 bridgehead atoms. The van der Waals surface area contributed by atoms with E-state index >= 15 is 0 Å². The molecule has 0 radical (unpaired) electrons. The number of carbonyl (C=O) groups excluding carboxylic acids is 2. The number of rotatable bonds is 8. The molecule has 2 amide bonds. The normalized spacial score (nSPS) is 12.3. The first-order valence-corrected chi connectivity index (χ1v) is 14.4. The first kappa shape index (κ1) is 27.0. The van der Waals surface area contributed by atoms with Gasteiger partial charge in [-0.1, -0.05) is 97.1 Å². The summed E-state index contributed by atoms with van der Waals surface area (Å²) in [5, 5.41) is 6.10. The van der Waals surface area contributed by atoms with E-state index < -0.39 is 0 Å². The second-order valence-corrected chi connectivity index (χ2v) is 10.6. The van der Waals surface area contributed by atoms with E-state index in [1.165, 1.54) is 16.7 Å². The number of benzene rings is 5. The van der Waals surface area contributed by atoms with E-state index in [2.05, 4.69) is 51.9 Å². The van der Waals surface area contributed by atoms with E-state index in [-0.39, 0.29) is 11.8 Å². The molecule has 2 N–H and O–H groups in total. The molecule has 5 aromatic rings. The van der Waals surface area contributed by atoms with Gasteiger partial charge in [0.1, 0.15) is 0 Å². The van der Waals surface area contributed by atoms with Gasteiger partial charge in [0.2, 0.25) is 0 Å². The summed E-state index contributed by atoms with van der Waals surface area (Å²) >= 11 is 0. The Balaban J connectivity index is 1.22. The van der Waals surface area contributed by atoms with E-state index in [0.29, 0.717) is 23.4 Å². The standard InChI is InChI=1S/C37H33N3O2/c41-36(31-17-15-30(16-18-31)28-11-5-2-6-12-28)39-33-19-20-35(40-24-22-29-13-7-8-14-32(29)26-40)34(25-33)37(42)38-23-21-27-9-3-1-4-10-27/h1-20,25H,21-24,26H2,(H,38,42)(H,39,41). The fourth-order valence-corrected chi connectivity index (χ4v) is 5.48. The summed E-state index contributed by atoms with van der Waals surface area (Å²) in [6, 6.07) is 41.8. The third kappa shape index (κ3) is 6.26. The molecule has 208 valence electrons. The highest BCUT2D eigenvalue weighted by Crippen LogP contribution is 2.30. The molecule has 5 nitrogen and oxygen atoms in total. The number of fused-ring (bicyclic) bond motifs is 1. The van der Waals surface area contributed by atoms with Crippen molar-refractivity contribution in [1.82, 2.24) is 5.32 Å². The first-order chi connectivity index (χ1) is 20.6. The fourth-order valence-electron chi connectivity index (χ4n) is 5.48. The predicted octanol–water partition coefficient (Wildman–Crippen LogP) is 7.14. The lowest BCUT2D eigenvalue weighted by molar-refractivity contribution is 0.0953. The van der Waals surface area contributed by atoms with E-state index in [0.717, 1.165) is 42.7 Å². The zero-order valence-corrected chi connectivity index (χ0v) is 23.4. The Hall–Kier alpha value is -5.16. The smallest absolute Gasteiger partial charge is 0.255 e. The van der Waals surface area contributed by atoms with Crippen LogP contribution in [0.4, 0.5) is 11.4 Å². The van der Waals surface area contributed by atoms with Gasteiger partial charge in [-0.3, -0.25) is 9.59 Å². The van der Waals surface area contributed by atoms with Crippen LogP contribution >= 0.6 is 0 Å². The predicted molar refractivity (Wildman–Crippen MR) is 170 cm³/mol. The molecule has 0 atom stereocenters. The van der Waals surface area contributed by atoms with Gasteiger partial charge in [0.15, 0.2) is 0 Å². The molecular weight excluding hydrogens is 518 g/mol. The van der Waals surface area contributed by atoms with Crippen molar-refractivity contribution < 1.29 is 9.59 Å². The zero-order chi connectivity index (χ0) is 28.7. The summed E-state index contributed by atoms with van der Waals surface area (Å²) in [5.41, 5.74) is 8.51. The maximum absolute atomic E-state index is 13.6. The van der Waals surface area contributed by atoms with Crippen LogP contribution in [0.15, 0.2) is 127 Å². The highest BCUT2D eigenvalue weighted by atomic mass is 16.2. The van der Waals surface area contributed by atoms with Crippen molar-refractivity contribution in [2.75, 3.05) is 23.3 Å². The van der Waals surface area contributed by atoms with Crippen LogP contribution in [0.2, 0.25) is 0 Å². The van der Waals surface area contributed by atoms with Gasteiger partial charge in [0.25, 0.3) is 11.8 Å². The second kappa shape index (κ2) is 12.6. The molecule has 5 aromatic carbocycles. The molecule has 0 unspecified atom stereocenters. The maximum Gasteiger partial charge on any atom is 0.255 e. The molecule has 5 heteroatoms. The van der Waals surface area contributed by atoms with Gasteiger partial charge in [0, 0.05) is 36.6 Å². The van der Waals surface area contributed by atoms with Crippen molar-refractivity contribution in [1.29, 1.82) is 0 Å². The Bertz CT molecular complexity index is 1680. The van der Waals surface area contributed by atoms with Crippen LogP contribution in [0.5, 0.6) is 0 Å². The summed E-state index contributed by atoms with van der Waals surface area (Å²) in [4.78, 5) is 29.0. The Morgan fingerprint density at radius 3 is 2.10 bits per heavy atom. The molecule has 0 aliphatic carbocycles. The second-order valence-electron chi connectivity index (χ2n) is 10.6. The van der Waals surface area contributed by atoms with Gasteiger partial charge < -0.3 is 15.5 Å². The van der Waals surface area contributed by atoms with E-state index in [9.17, 15) is 9.59 Å². The average Bonchev–Trinajstić information content (AvgIpc) is 3.05. The van der Waals surface area contributed by atoms with Gasteiger partial charge in [-0.05, 0) is 71.0 Å². The first-order valence-electron chi connectivity index (χ1n) is 14.4. The largest absolute Gasteiger partial charge is 0.366 e. The van der Waals surface area contributed by atoms with Crippen LogP contribution in [0, 0.1) is 0 Å². The summed E-state index contributed by atoms with van der Waals surface area (Å²) in [6.45, 7) is 2.08. The minimum Gasteiger partial charge on any atom is -0.366 e. The third-order valence-electron chi connectivity index (χ3n) is 7.77. The summed E-state index contributed by atoms with van der Waals surface area (Å²) in [7, 11) is 0. The molecule has 0 saturated carbocycles. The lowest BCUT2D eigenvalue weighted by Gasteiger charge is -2.32. The minimum absolute atomic E-state index is 0.150. The van der Waals surface area contributed by atoms with Crippen LogP contribution < -0.4 is 15.5 Å². The van der Waals surface area contributed by atoms with Crippen LogP contribution in [-0.4, -0.2) is 24.9 Å². The van der Waals surface area contributed by atoms with E-state index in [1.54, 1.807) is 6.07 Å². The molecule has 42 heavy (non-hydrogen) atoms. The van der Waals surface area contributed by atoms with E-state index in [1.807, 2.05) is 84.9 Å². The summed E-state index contributed by atoms with van der Waals surface area (Å²) in [6.07, 6.45) is 1.66. The molecule has 1 aliphatic rings. The van der Waals surface area contributed by atoms with Crippen molar-refractivity contribution in [2.45, 2.75) is 19.4 Å². The van der Waals surface area contributed by atoms with E-state index in [4.69, 9.17) is 0 Å². The summed E-state index contributed by atoms with van der Waals surface area (Å²) < 4.78 is 0. The van der Waals surface area contributed by atoms with Crippen molar-refractivity contribution in [3.8, 4) is 11.1 Å². The lowest BCUT2D eigenvalue weighted by Crippen LogP contribution is -2.33. The van der Waals surface area contributed by atoms with Crippen LogP contribution in [0.25, 0.3) is 11.1 Å². The molecule has 1 aliphatic heterocycles. The molecule has 1 heterocycles. The quantitative estimate of drug-likeness (QED) is 0.215. The zero-order valence-electron chi connectivity index (χ0n) is 23.4. The topological polar surface area (TPSA) is 61.4 Å². The molecule has 0 saturated heterocycles. The number of nitrogens with zero attached hydrogens (tertiary/aromatic N) is 1. The van der Waals surface area contributed by atoms with Crippen LogP contribution in [0.1, 0.15) is 37.4 Å². The van der Waals surface area contributed by atoms with Gasteiger partial charge in [-0.15, -0.1) is 0 Å². The fraction of sp³-hybridized carbons (Fsp3) is 0.135. The van der Waals surface area contributed by atoms with Crippen molar-refractivity contribution in [3.05, 3.63) is 155 Å². The number of carbonyl (C=O) groups is 2. The molecule has 0 fully saturated rings. The van der Waals surface area contributed by atoms with Crippen molar-refractivity contribution >= 4 is 23.2 Å². The molecule has 0 spiro atoms. The Kier molecular flexibility index (Phi) is 8.09. The van der Waals surface area contributed by atoms with Gasteiger partial charge in [0.05, 0.1) is 5.56 Å². The van der Waals surface area contributed by atoms with Crippen LogP contribution in [0.3, 0.4) is 0 Å². The highest BCUT2D eigenvalue weighted by molar-refractivity contribution is 6.06. The monoisotopic (exact) mass is 551 g/mol. The SMILES string of the molecule is O=C(Nc1ccc(N2CCc3ccccc3C2)c(C(=O)NCCc2ccccc2)c1)c1ccc(-c2ccccc2)cc1. The maximum atomic E-state index is 13.6. The molecular formula is C37H33N3O2. The van der Waals surface area contributed by atoms with Crippen molar-refractivity contribution in [3.63, 3.8) is 0 Å². The Labute approximate surface area is 246 Å². The number of amides is 2. The van der Waals surface area contributed by atoms with Crippen molar-refractivity contribution in [2.24, 2.45) is 0 Å².